The molecular weight excluding hydrogens is 205 g/mol. The first-order valence-electron chi connectivity index (χ1n) is 4.15. The highest BCUT2D eigenvalue weighted by Gasteiger charge is 2.06. The van der Waals surface area contributed by atoms with Crippen LogP contribution < -0.4 is 5.73 Å². The lowest BCUT2D eigenvalue weighted by Crippen LogP contribution is -2.03. The molecule has 0 bridgehead atoms. The van der Waals surface area contributed by atoms with Crippen LogP contribution in [0.25, 0.3) is 0 Å². The molecule has 14 heavy (non-hydrogen) atoms. The molecule has 0 amide bonds. The molecule has 0 aliphatic carbocycles. The lowest BCUT2D eigenvalue weighted by atomic mass is 10.3. The fourth-order valence-corrected chi connectivity index (χ4v) is 1.91. The maximum absolute atomic E-state index is 12.9. The summed E-state index contributed by atoms with van der Waals surface area (Å²) in [6.07, 6.45) is 0. The lowest BCUT2D eigenvalue weighted by molar-refractivity contribution is 0.196. The van der Waals surface area contributed by atoms with Gasteiger partial charge in [-0.3, -0.25) is 4.21 Å². The van der Waals surface area contributed by atoms with Gasteiger partial charge < -0.3 is 10.5 Å². The first-order valence-corrected chi connectivity index (χ1v) is 5.47. The summed E-state index contributed by atoms with van der Waals surface area (Å²) in [4.78, 5) is 0.357. The molecule has 1 atom stereocenters. The van der Waals surface area contributed by atoms with Crippen LogP contribution in [0.1, 0.15) is 6.92 Å². The van der Waals surface area contributed by atoms with Crippen molar-refractivity contribution in [3.05, 3.63) is 24.0 Å². The number of rotatable bonds is 4. The zero-order valence-electron chi connectivity index (χ0n) is 7.83. The van der Waals surface area contributed by atoms with Crippen molar-refractivity contribution in [2.75, 3.05) is 18.3 Å². The Morgan fingerprint density at radius 2 is 2.21 bits per heavy atom. The predicted octanol–water partition coefficient (Wildman–Crippen LogP) is 1.51. The van der Waals surface area contributed by atoms with Crippen LogP contribution in [0.2, 0.25) is 0 Å². The Morgan fingerprint density at radius 1 is 1.50 bits per heavy atom. The minimum Gasteiger partial charge on any atom is -0.399 e. The summed E-state index contributed by atoms with van der Waals surface area (Å²) in [5, 5.41) is 0. The van der Waals surface area contributed by atoms with E-state index in [9.17, 15) is 8.60 Å². The average molecular weight is 217 g/mol. The minimum atomic E-state index is -1.35. The number of nitrogens with two attached hydrogens (primary N) is 1. The molecule has 0 fully saturated rings. The Bertz CT molecular complexity index is 323. The van der Waals surface area contributed by atoms with Gasteiger partial charge in [-0.2, -0.15) is 0 Å². The number of hydrogen-bond donors (Lipinski definition) is 1. The topological polar surface area (TPSA) is 52.3 Å². The molecular formula is C9H12FNO2S. The third kappa shape index (κ3) is 3.08. The van der Waals surface area contributed by atoms with Crippen molar-refractivity contribution in [2.45, 2.75) is 11.8 Å². The zero-order chi connectivity index (χ0) is 10.6. The summed E-state index contributed by atoms with van der Waals surface area (Å²) in [5.74, 6) is -0.413. The molecule has 0 heterocycles. The summed E-state index contributed by atoms with van der Waals surface area (Å²) in [6, 6.07) is 3.87. The van der Waals surface area contributed by atoms with E-state index in [4.69, 9.17) is 10.5 Å². The highest BCUT2D eigenvalue weighted by Crippen LogP contribution is 2.14. The van der Waals surface area contributed by atoms with E-state index in [2.05, 4.69) is 0 Å². The van der Waals surface area contributed by atoms with E-state index in [1.165, 1.54) is 18.2 Å². The molecule has 0 aliphatic rings. The van der Waals surface area contributed by atoms with Crippen molar-refractivity contribution < 1.29 is 13.3 Å². The van der Waals surface area contributed by atoms with Crippen LogP contribution in [0.5, 0.6) is 0 Å². The molecule has 2 N–H and O–H groups in total. The molecule has 0 spiro atoms. The molecule has 1 unspecified atom stereocenters. The van der Waals surface area contributed by atoms with Gasteiger partial charge in [0.05, 0.1) is 10.8 Å². The monoisotopic (exact) mass is 217 g/mol. The Kier molecular flexibility index (Phi) is 4.03. The largest absolute Gasteiger partial charge is 0.399 e. The van der Waals surface area contributed by atoms with Gasteiger partial charge in [-0.1, -0.05) is 0 Å². The van der Waals surface area contributed by atoms with Gasteiger partial charge in [-0.15, -0.1) is 0 Å². The second-order valence-electron chi connectivity index (χ2n) is 2.68. The normalized spacial score (nSPS) is 12.7. The zero-order valence-corrected chi connectivity index (χ0v) is 8.64. The van der Waals surface area contributed by atoms with Crippen LogP contribution >= 0.6 is 0 Å². The Labute approximate surface area is 84.5 Å². The van der Waals surface area contributed by atoms with E-state index in [-0.39, 0.29) is 11.6 Å². The predicted molar refractivity (Wildman–Crippen MR) is 53.7 cm³/mol. The fourth-order valence-electron chi connectivity index (χ4n) is 0.943. The first kappa shape index (κ1) is 11.1. The molecule has 5 heteroatoms. The third-order valence-electron chi connectivity index (χ3n) is 1.55. The van der Waals surface area contributed by atoms with Gasteiger partial charge in [0.25, 0.3) is 0 Å². The van der Waals surface area contributed by atoms with E-state index < -0.39 is 16.6 Å². The molecule has 1 rings (SSSR count). The van der Waals surface area contributed by atoms with Crippen molar-refractivity contribution in [2.24, 2.45) is 0 Å². The number of benzene rings is 1. The molecule has 3 nitrogen and oxygen atoms in total. The van der Waals surface area contributed by atoms with Crippen molar-refractivity contribution in [3.63, 3.8) is 0 Å². The van der Waals surface area contributed by atoms with Gasteiger partial charge in [0.1, 0.15) is 11.8 Å². The van der Waals surface area contributed by atoms with Crippen LogP contribution in [-0.2, 0) is 15.5 Å². The number of nitrogen functional groups attached to an aromatic ring is 1. The van der Waals surface area contributed by atoms with Crippen LogP contribution in [0.4, 0.5) is 10.1 Å². The molecule has 0 radical (unpaired) electrons. The summed E-state index contributed by atoms with van der Waals surface area (Å²) in [7, 11) is -1.35. The quantitative estimate of drug-likeness (QED) is 0.778. The van der Waals surface area contributed by atoms with E-state index in [0.717, 1.165) is 0 Å². The van der Waals surface area contributed by atoms with E-state index in [0.29, 0.717) is 11.5 Å². The standard InChI is InChI=1S/C9H12FNO2S/c1-2-13-6-14(12)9-4-7(10)3-8(11)5-9/h3-5H,2,6,11H2,1H3. The number of ether oxygens (including phenoxy) is 1. The van der Waals surface area contributed by atoms with Crippen LogP contribution in [0.3, 0.4) is 0 Å². The Balaban J connectivity index is 2.79. The minimum absolute atomic E-state index is 0.0688. The van der Waals surface area contributed by atoms with Crippen LogP contribution in [0, 0.1) is 5.82 Å². The fraction of sp³-hybridized carbons (Fsp3) is 0.333. The second kappa shape index (κ2) is 5.07. The van der Waals surface area contributed by atoms with Crippen molar-refractivity contribution in [1.29, 1.82) is 0 Å². The van der Waals surface area contributed by atoms with Crippen LogP contribution in [-0.4, -0.2) is 16.8 Å². The van der Waals surface area contributed by atoms with Crippen molar-refractivity contribution >= 4 is 16.5 Å². The lowest BCUT2D eigenvalue weighted by Gasteiger charge is -2.03. The maximum atomic E-state index is 12.9. The Morgan fingerprint density at radius 3 is 2.79 bits per heavy atom. The molecule has 0 aliphatic heterocycles. The average Bonchev–Trinajstić information content (AvgIpc) is 2.12. The molecule has 1 aromatic rings. The number of anilines is 1. The van der Waals surface area contributed by atoms with Gasteiger partial charge >= 0.3 is 0 Å². The molecule has 0 saturated carbocycles. The smallest absolute Gasteiger partial charge is 0.126 e. The van der Waals surface area contributed by atoms with Gasteiger partial charge in [0.2, 0.25) is 0 Å². The summed E-state index contributed by atoms with van der Waals surface area (Å²) >= 11 is 0. The number of halogens is 1. The number of hydrogen-bond acceptors (Lipinski definition) is 3. The van der Waals surface area contributed by atoms with Gasteiger partial charge in [-0.25, -0.2) is 4.39 Å². The molecule has 0 aromatic heterocycles. The van der Waals surface area contributed by atoms with Crippen molar-refractivity contribution in [3.8, 4) is 0 Å². The summed E-state index contributed by atoms with van der Waals surface area (Å²) in [6.45, 7) is 2.29. The maximum Gasteiger partial charge on any atom is 0.126 e. The highest BCUT2D eigenvalue weighted by molar-refractivity contribution is 7.84. The Hall–Kier alpha value is -0.940. The van der Waals surface area contributed by atoms with Gasteiger partial charge in [0.15, 0.2) is 0 Å². The third-order valence-corrected chi connectivity index (χ3v) is 2.69. The molecule has 0 saturated heterocycles. The first-order chi connectivity index (χ1) is 6.63. The van der Waals surface area contributed by atoms with E-state index in [1.807, 2.05) is 0 Å². The van der Waals surface area contributed by atoms with E-state index in [1.54, 1.807) is 6.92 Å². The second-order valence-corrected chi connectivity index (χ2v) is 4.07. The summed E-state index contributed by atoms with van der Waals surface area (Å²) < 4.78 is 29.3. The van der Waals surface area contributed by atoms with Gasteiger partial charge in [0, 0.05) is 17.2 Å². The summed E-state index contributed by atoms with van der Waals surface area (Å²) in [5.41, 5.74) is 5.68. The molecule has 1 aromatic carbocycles. The van der Waals surface area contributed by atoms with Crippen molar-refractivity contribution in [1.82, 2.24) is 0 Å². The van der Waals surface area contributed by atoms with E-state index >= 15 is 0 Å². The van der Waals surface area contributed by atoms with Crippen LogP contribution in [0.15, 0.2) is 23.1 Å². The van der Waals surface area contributed by atoms with Gasteiger partial charge in [-0.05, 0) is 25.1 Å². The highest BCUT2D eigenvalue weighted by atomic mass is 32.2. The SMILES string of the molecule is CCOCS(=O)c1cc(N)cc(F)c1. The molecule has 78 valence electrons.